The minimum atomic E-state index is 0.298. The lowest BCUT2D eigenvalue weighted by Crippen LogP contribution is -2.54. The highest BCUT2D eigenvalue weighted by molar-refractivity contribution is 5.82. The van der Waals surface area contributed by atoms with E-state index >= 15 is 0 Å². The van der Waals surface area contributed by atoms with Gasteiger partial charge in [-0.15, -0.1) is 0 Å². The molecule has 1 saturated carbocycles. The molecule has 3 fully saturated rings. The quantitative estimate of drug-likeness (QED) is 0.782. The molecular formula is C18H32N2O. The van der Waals surface area contributed by atoms with E-state index in [1.54, 1.807) is 0 Å². The van der Waals surface area contributed by atoms with Gasteiger partial charge in [0.05, 0.1) is 0 Å². The highest BCUT2D eigenvalue weighted by Crippen LogP contribution is 2.38. The van der Waals surface area contributed by atoms with Crippen molar-refractivity contribution in [2.45, 2.75) is 58.4 Å². The van der Waals surface area contributed by atoms with Crippen molar-refractivity contribution >= 4 is 5.78 Å². The van der Waals surface area contributed by atoms with Crippen LogP contribution in [-0.2, 0) is 4.79 Å². The molecule has 120 valence electrons. The van der Waals surface area contributed by atoms with Crippen LogP contribution >= 0.6 is 0 Å². The molecule has 3 rings (SSSR count). The summed E-state index contributed by atoms with van der Waals surface area (Å²) in [5.41, 5.74) is 0.363. The second-order valence-corrected chi connectivity index (χ2v) is 8.53. The monoisotopic (exact) mass is 292 g/mol. The van der Waals surface area contributed by atoms with Gasteiger partial charge in [0, 0.05) is 31.5 Å². The number of carbonyl (C=O) groups is 1. The summed E-state index contributed by atoms with van der Waals surface area (Å²) in [6, 6.07) is 0.800. The number of nitrogens with zero attached hydrogens (tertiary/aromatic N) is 2. The molecule has 3 nitrogen and oxygen atoms in total. The number of likely N-dealkylation sites (tertiary alicyclic amines) is 2. The standard InChI is InChI=1S/C18H32N2O/c1-18(2)8-6-17(21)15(11-18)13-20-10-7-16-14(12-20)5-4-9-19(16)3/h14-16H,4-13H2,1-3H3. The summed E-state index contributed by atoms with van der Waals surface area (Å²) in [5.74, 6) is 1.66. The SMILES string of the molecule is CN1CCCC2CN(CC3CC(C)(C)CCC3=O)CCC21. The predicted octanol–water partition coefficient (Wildman–Crippen LogP) is 2.80. The Morgan fingerprint density at radius 1 is 1.24 bits per heavy atom. The van der Waals surface area contributed by atoms with Crippen molar-refractivity contribution in [2.24, 2.45) is 17.3 Å². The number of Topliss-reactive ketones (excluding diaryl/α,β-unsaturated/α-hetero) is 1. The van der Waals surface area contributed by atoms with E-state index in [9.17, 15) is 4.79 Å². The molecule has 3 heteroatoms. The first-order chi connectivity index (χ1) is 9.94. The third kappa shape index (κ3) is 3.50. The van der Waals surface area contributed by atoms with Crippen LogP contribution in [-0.4, -0.2) is 54.9 Å². The van der Waals surface area contributed by atoms with Crippen LogP contribution in [0, 0.1) is 17.3 Å². The van der Waals surface area contributed by atoms with Crippen LogP contribution in [0.2, 0.25) is 0 Å². The first-order valence-corrected chi connectivity index (χ1v) is 8.90. The minimum Gasteiger partial charge on any atom is -0.303 e. The van der Waals surface area contributed by atoms with Crippen molar-refractivity contribution < 1.29 is 4.79 Å². The average molecular weight is 292 g/mol. The molecule has 3 unspecified atom stereocenters. The Kier molecular flexibility index (Phi) is 4.42. The average Bonchev–Trinajstić information content (AvgIpc) is 2.43. The van der Waals surface area contributed by atoms with Gasteiger partial charge in [0.2, 0.25) is 0 Å². The Balaban J connectivity index is 1.57. The number of piperidine rings is 2. The maximum atomic E-state index is 12.3. The topological polar surface area (TPSA) is 23.6 Å². The summed E-state index contributed by atoms with van der Waals surface area (Å²) >= 11 is 0. The third-order valence-electron chi connectivity index (χ3n) is 6.21. The Hall–Kier alpha value is -0.410. The highest BCUT2D eigenvalue weighted by Gasteiger charge is 2.38. The predicted molar refractivity (Wildman–Crippen MR) is 86.3 cm³/mol. The van der Waals surface area contributed by atoms with Crippen LogP contribution in [0.5, 0.6) is 0 Å². The summed E-state index contributed by atoms with van der Waals surface area (Å²) in [6.45, 7) is 9.37. The van der Waals surface area contributed by atoms with Crippen LogP contribution in [0.4, 0.5) is 0 Å². The van der Waals surface area contributed by atoms with E-state index in [2.05, 4.69) is 30.7 Å². The molecule has 0 aromatic heterocycles. The lowest BCUT2D eigenvalue weighted by Gasteiger charge is -2.47. The molecule has 0 radical (unpaired) electrons. The zero-order valence-corrected chi connectivity index (χ0v) is 14.1. The molecule has 0 amide bonds. The molecule has 0 spiro atoms. The van der Waals surface area contributed by atoms with Gasteiger partial charge >= 0.3 is 0 Å². The van der Waals surface area contributed by atoms with Crippen LogP contribution in [0.25, 0.3) is 0 Å². The Labute approximate surface area is 130 Å². The third-order valence-corrected chi connectivity index (χ3v) is 6.21. The summed E-state index contributed by atoms with van der Waals surface area (Å²) < 4.78 is 0. The molecule has 21 heavy (non-hydrogen) atoms. The molecule has 0 bridgehead atoms. The summed E-state index contributed by atoms with van der Waals surface area (Å²) in [4.78, 5) is 17.4. The number of ketones is 1. The van der Waals surface area contributed by atoms with Crippen LogP contribution in [0.1, 0.15) is 52.4 Å². The fraction of sp³-hybridized carbons (Fsp3) is 0.944. The summed E-state index contributed by atoms with van der Waals surface area (Å²) in [7, 11) is 2.29. The lowest BCUT2D eigenvalue weighted by molar-refractivity contribution is -0.128. The molecule has 2 heterocycles. The molecule has 2 aliphatic heterocycles. The number of fused-ring (bicyclic) bond motifs is 1. The van der Waals surface area contributed by atoms with E-state index < -0.39 is 0 Å². The van der Waals surface area contributed by atoms with Gasteiger partial charge in [0.25, 0.3) is 0 Å². The van der Waals surface area contributed by atoms with E-state index in [-0.39, 0.29) is 0 Å². The van der Waals surface area contributed by atoms with Crippen LogP contribution in [0.15, 0.2) is 0 Å². The largest absolute Gasteiger partial charge is 0.303 e. The van der Waals surface area contributed by atoms with Gasteiger partial charge < -0.3 is 9.80 Å². The number of rotatable bonds is 2. The zero-order valence-electron chi connectivity index (χ0n) is 14.1. The molecule has 0 N–H and O–H groups in total. The second kappa shape index (κ2) is 6.00. The fourth-order valence-corrected chi connectivity index (χ4v) is 4.92. The number of hydrogen-bond donors (Lipinski definition) is 0. The van der Waals surface area contributed by atoms with Gasteiger partial charge in [-0.05, 0) is 63.6 Å². The van der Waals surface area contributed by atoms with E-state index in [1.165, 1.54) is 38.9 Å². The van der Waals surface area contributed by atoms with Gasteiger partial charge in [0.1, 0.15) is 5.78 Å². The van der Waals surface area contributed by atoms with Crippen LogP contribution in [0.3, 0.4) is 0 Å². The van der Waals surface area contributed by atoms with E-state index in [1.807, 2.05) is 0 Å². The maximum Gasteiger partial charge on any atom is 0.137 e. The molecule has 1 aliphatic carbocycles. The van der Waals surface area contributed by atoms with Gasteiger partial charge in [-0.25, -0.2) is 0 Å². The van der Waals surface area contributed by atoms with E-state index in [4.69, 9.17) is 0 Å². The van der Waals surface area contributed by atoms with Crippen molar-refractivity contribution in [3.63, 3.8) is 0 Å². The Bertz CT molecular complexity index is 393. The van der Waals surface area contributed by atoms with Crippen molar-refractivity contribution in [3.05, 3.63) is 0 Å². The van der Waals surface area contributed by atoms with Crippen molar-refractivity contribution in [3.8, 4) is 0 Å². The molecular weight excluding hydrogens is 260 g/mol. The highest BCUT2D eigenvalue weighted by atomic mass is 16.1. The number of hydrogen-bond acceptors (Lipinski definition) is 3. The Morgan fingerprint density at radius 2 is 2.05 bits per heavy atom. The van der Waals surface area contributed by atoms with Gasteiger partial charge in [0.15, 0.2) is 0 Å². The van der Waals surface area contributed by atoms with Crippen molar-refractivity contribution in [2.75, 3.05) is 33.2 Å². The first-order valence-electron chi connectivity index (χ1n) is 8.90. The summed E-state index contributed by atoms with van der Waals surface area (Å²) in [5, 5.41) is 0. The fourth-order valence-electron chi connectivity index (χ4n) is 4.92. The first kappa shape index (κ1) is 15.5. The van der Waals surface area contributed by atoms with E-state index in [0.29, 0.717) is 17.1 Å². The molecule has 0 aromatic carbocycles. The molecule has 0 aromatic rings. The van der Waals surface area contributed by atoms with Crippen LogP contribution < -0.4 is 0 Å². The lowest BCUT2D eigenvalue weighted by atomic mass is 9.71. The Morgan fingerprint density at radius 3 is 2.86 bits per heavy atom. The van der Waals surface area contributed by atoms with E-state index in [0.717, 1.165) is 37.8 Å². The normalized spacial score (nSPS) is 38.2. The van der Waals surface area contributed by atoms with Gasteiger partial charge in [-0.2, -0.15) is 0 Å². The molecule has 3 atom stereocenters. The van der Waals surface area contributed by atoms with Crippen molar-refractivity contribution in [1.29, 1.82) is 0 Å². The molecule has 2 saturated heterocycles. The summed E-state index contributed by atoms with van der Waals surface area (Å²) in [6.07, 6.45) is 7.01. The second-order valence-electron chi connectivity index (χ2n) is 8.53. The number of carbonyl (C=O) groups excluding carboxylic acids is 1. The van der Waals surface area contributed by atoms with Crippen molar-refractivity contribution in [1.82, 2.24) is 9.80 Å². The molecule has 3 aliphatic rings. The van der Waals surface area contributed by atoms with Gasteiger partial charge in [-0.1, -0.05) is 13.8 Å². The van der Waals surface area contributed by atoms with Gasteiger partial charge in [-0.3, -0.25) is 4.79 Å². The zero-order chi connectivity index (χ0) is 15.0. The minimum absolute atomic E-state index is 0.298. The maximum absolute atomic E-state index is 12.3. The smallest absolute Gasteiger partial charge is 0.137 e.